The maximum atomic E-state index is 10.7. The first-order valence-corrected chi connectivity index (χ1v) is 2.88. The molecule has 1 aliphatic rings. The highest BCUT2D eigenvalue weighted by molar-refractivity contribution is 5.76. The van der Waals surface area contributed by atoms with Crippen LogP contribution in [0.4, 0.5) is 0 Å². The lowest BCUT2D eigenvalue weighted by Gasteiger charge is -2.10. The molecule has 0 spiro atoms. The minimum Gasteiger partial charge on any atom is -0.394 e. The van der Waals surface area contributed by atoms with Crippen LogP contribution in [0.3, 0.4) is 0 Å². The van der Waals surface area contributed by atoms with E-state index in [-0.39, 0.29) is 12.5 Å². The van der Waals surface area contributed by atoms with Crippen LogP contribution in [0.25, 0.3) is 0 Å². The summed E-state index contributed by atoms with van der Waals surface area (Å²) < 4.78 is 0. The van der Waals surface area contributed by atoms with E-state index in [1.54, 1.807) is 0 Å². The van der Waals surface area contributed by atoms with Gasteiger partial charge in [0.2, 0.25) is 5.91 Å². The first-order valence-electron chi connectivity index (χ1n) is 2.88. The van der Waals surface area contributed by atoms with Crippen molar-refractivity contribution in [2.45, 2.75) is 6.42 Å². The number of β-amino-alcohol motifs (C(OH)–C–C–N with tert-alkyl or cyclic N) is 1. The minimum absolute atomic E-state index is 0.0360. The van der Waals surface area contributed by atoms with Crippen molar-refractivity contribution in [3.05, 3.63) is 0 Å². The molecular weight excluding hydrogens is 122 g/mol. The lowest BCUT2D eigenvalue weighted by Crippen LogP contribution is -2.26. The van der Waals surface area contributed by atoms with Crippen LogP contribution >= 0.6 is 0 Å². The van der Waals surface area contributed by atoms with Crippen molar-refractivity contribution in [2.24, 2.45) is 0 Å². The number of carbonyl (C=O) groups excluding carboxylic acids is 1. The molecule has 1 saturated heterocycles. The Bertz CT molecular complexity index is 115. The van der Waals surface area contributed by atoms with Crippen molar-refractivity contribution in [1.29, 1.82) is 0 Å². The van der Waals surface area contributed by atoms with Crippen molar-refractivity contribution >= 4 is 5.91 Å². The van der Waals surface area contributed by atoms with Crippen LogP contribution in [0.2, 0.25) is 0 Å². The number of aliphatic hydroxyl groups is 1. The summed E-state index contributed by atoms with van der Waals surface area (Å²) in [7, 11) is 0. The summed E-state index contributed by atoms with van der Waals surface area (Å²) in [5.41, 5.74) is 0. The standard InChI is InChI=1S/C5H9NO3/c7-3-2-6-5(8)1-4-9-6/h7H,1-4H2. The summed E-state index contributed by atoms with van der Waals surface area (Å²) in [6, 6.07) is 0. The Balaban J connectivity index is 2.31. The van der Waals surface area contributed by atoms with Crippen molar-refractivity contribution in [1.82, 2.24) is 5.06 Å². The van der Waals surface area contributed by atoms with E-state index in [4.69, 9.17) is 9.94 Å². The van der Waals surface area contributed by atoms with Gasteiger partial charge in [-0.25, -0.2) is 5.06 Å². The number of hydrogen-bond donors (Lipinski definition) is 1. The van der Waals surface area contributed by atoms with Crippen LogP contribution in [-0.2, 0) is 9.63 Å². The second-order valence-electron chi connectivity index (χ2n) is 1.80. The van der Waals surface area contributed by atoms with Crippen LogP contribution in [0.5, 0.6) is 0 Å². The molecule has 0 bridgehead atoms. The minimum atomic E-state index is -0.0379. The van der Waals surface area contributed by atoms with Gasteiger partial charge in [-0.1, -0.05) is 0 Å². The van der Waals surface area contributed by atoms with Gasteiger partial charge >= 0.3 is 0 Å². The summed E-state index contributed by atoms with van der Waals surface area (Å²) in [5.74, 6) is -0.0379. The molecule has 52 valence electrons. The molecule has 0 aliphatic carbocycles. The molecule has 1 amide bonds. The highest BCUT2D eigenvalue weighted by Gasteiger charge is 2.19. The molecule has 9 heavy (non-hydrogen) atoms. The predicted molar refractivity (Wildman–Crippen MR) is 29.4 cm³/mol. The van der Waals surface area contributed by atoms with E-state index < -0.39 is 0 Å². The van der Waals surface area contributed by atoms with Crippen molar-refractivity contribution < 1.29 is 14.7 Å². The molecule has 0 unspecified atom stereocenters. The van der Waals surface area contributed by atoms with Gasteiger partial charge in [0.25, 0.3) is 0 Å². The molecule has 0 atom stereocenters. The topological polar surface area (TPSA) is 49.8 Å². The van der Waals surface area contributed by atoms with Gasteiger partial charge in [-0.3, -0.25) is 9.63 Å². The van der Waals surface area contributed by atoms with Crippen molar-refractivity contribution in [3.8, 4) is 0 Å². The fraction of sp³-hybridized carbons (Fsp3) is 0.800. The maximum Gasteiger partial charge on any atom is 0.248 e. The smallest absolute Gasteiger partial charge is 0.248 e. The molecule has 0 aromatic rings. The van der Waals surface area contributed by atoms with Gasteiger partial charge in [0, 0.05) is 0 Å². The van der Waals surface area contributed by atoms with Crippen LogP contribution in [0.15, 0.2) is 0 Å². The number of amides is 1. The average Bonchev–Trinajstić information content (AvgIpc) is 2.18. The Morgan fingerprint density at radius 3 is 3.00 bits per heavy atom. The molecule has 0 aromatic carbocycles. The van der Waals surface area contributed by atoms with E-state index >= 15 is 0 Å². The third kappa shape index (κ3) is 1.40. The van der Waals surface area contributed by atoms with Crippen LogP contribution in [0, 0.1) is 0 Å². The highest BCUT2D eigenvalue weighted by atomic mass is 16.7. The lowest BCUT2D eigenvalue weighted by molar-refractivity contribution is -0.163. The first kappa shape index (κ1) is 6.51. The third-order valence-electron chi connectivity index (χ3n) is 1.14. The number of carbonyl (C=O) groups is 1. The van der Waals surface area contributed by atoms with Gasteiger partial charge in [-0.15, -0.1) is 0 Å². The zero-order chi connectivity index (χ0) is 6.69. The zero-order valence-corrected chi connectivity index (χ0v) is 5.04. The SMILES string of the molecule is O=C1CCON1CCO. The normalized spacial score (nSPS) is 19.2. The first-order chi connectivity index (χ1) is 4.34. The molecule has 4 heteroatoms. The van der Waals surface area contributed by atoms with Crippen LogP contribution < -0.4 is 0 Å². The average molecular weight is 131 g/mol. The van der Waals surface area contributed by atoms with Gasteiger partial charge < -0.3 is 5.11 Å². The van der Waals surface area contributed by atoms with Gasteiger partial charge in [-0.2, -0.15) is 0 Å². The van der Waals surface area contributed by atoms with Crippen LogP contribution in [-0.4, -0.2) is 35.8 Å². The molecule has 1 N–H and O–H groups in total. The summed E-state index contributed by atoms with van der Waals surface area (Å²) in [4.78, 5) is 15.5. The number of aliphatic hydroxyl groups excluding tert-OH is 1. The molecule has 1 fully saturated rings. The molecule has 0 saturated carbocycles. The third-order valence-corrected chi connectivity index (χ3v) is 1.14. The molecule has 1 rings (SSSR count). The van der Waals surface area contributed by atoms with Gasteiger partial charge in [0.15, 0.2) is 0 Å². The molecule has 1 heterocycles. The number of hydroxylamine groups is 2. The molecular formula is C5H9NO3. The van der Waals surface area contributed by atoms with E-state index in [0.717, 1.165) is 0 Å². The van der Waals surface area contributed by atoms with E-state index in [9.17, 15) is 4.79 Å². The Kier molecular flexibility index (Phi) is 2.02. The van der Waals surface area contributed by atoms with Crippen molar-refractivity contribution in [3.63, 3.8) is 0 Å². The van der Waals surface area contributed by atoms with Gasteiger partial charge in [0.05, 0.1) is 26.2 Å². The second-order valence-corrected chi connectivity index (χ2v) is 1.80. The Hall–Kier alpha value is -0.610. The van der Waals surface area contributed by atoms with Crippen LogP contribution in [0.1, 0.15) is 6.42 Å². The predicted octanol–water partition coefficient (Wildman–Crippen LogP) is -0.857. The largest absolute Gasteiger partial charge is 0.394 e. The summed E-state index contributed by atoms with van der Waals surface area (Å²) in [6.45, 7) is 0.712. The molecule has 0 radical (unpaired) electrons. The summed E-state index contributed by atoms with van der Waals surface area (Å²) in [6.07, 6.45) is 0.444. The van der Waals surface area contributed by atoms with E-state index in [1.165, 1.54) is 5.06 Å². The van der Waals surface area contributed by atoms with Crippen molar-refractivity contribution in [2.75, 3.05) is 19.8 Å². The highest BCUT2D eigenvalue weighted by Crippen LogP contribution is 2.04. The van der Waals surface area contributed by atoms with Gasteiger partial charge in [-0.05, 0) is 0 Å². The lowest BCUT2D eigenvalue weighted by atomic mass is 10.4. The monoisotopic (exact) mass is 131 g/mol. The van der Waals surface area contributed by atoms with E-state index in [0.29, 0.717) is 19.6 Å². The summed E-state index contributed by atoms with van der Waals surface area (Å²) >= 11 is 0. The number of hydrogen-bond acceptors (Lipinski definition) is 3. The Morgan fingerprint density at radius 2 is 2.56 bits per heavy atom. The Labute approximate surface area is 53.0 Å². The summed E-state index contributed by atoms with van der Waals surface area (Å²) in [5, 5.41) is 9.56. The molecule has 4 nitrogen and oxygen atoms in total. The second kappa shape index (κ2) is 2.80. The maximum absolute atomic E-state index is 10.7. The van der Waals surface area contributed by atoms with E-state index in [2.05, 4.69) is 0 Å². The van der Waals surface area contributed by atoms with E-state index in [1.807, 2.05) is 0 Å². The fourth-order valence-corrected chi connectivity index (χ4v) is 0.720. The Morgan fingerprint density at radius 1 is 1.78 bits per heavy atom. The molecule has 1 aliphatic heterocycles. The van der Waals surface area contributed by atoms with Gasteiger partial charge in [0.1, 0.15) is 0 Å². The number of rotatable bonds is 2. The fourth-order valence-electron chi connectivity index (χ4n) is 0.720. The number of nitrogens with zero attached hydrogens (tertiary/aromatic N) is 1. The molecule has 0 aromatic heterocycles. The zero-order valence-electron chi connectivity index (χ0n) is 5.04. The quantitative estimate of drug-likeness (QED) is 0.530.